The lowest BCUT2D eigenvalue weighted by molar-refractivity contribution is 0.238. The first-order valence-corrected chi connectivity index (χ1v) is 10.2. The molecule has 144 valence electrons. The minimum absolute atomic E-state index is 0.0360. The minimum atomic E-state index is -3.73. The molecule has 6 nitrogen and oxygen atoms in total. The normalized spacial score (nSPS) is 11.2. The third kappa shape index (κ3) is 5.18. The largest absolute Gasteiger partial charge is 0.334 e. The van der Waals surface area contributed by atoms with Crippen LogP contribution in [0.2, 0.25) is 0 Å². The van der Waals surface area contributed by atoms with E-state index in [9.17, 15) is 13.2 Å². The van der Waals surface area contributed by atoms with E-state index >= 15 is 0 Å². The van der Waals surface area contributed by atoms with Crippen molar-refractivity contribution in [2.24, 2.45) is 5.14 Å². The fraction of sp³-hybridized carbons (Fsp3) is 0.0952. The van der Waals surface area contributed by atoms with E-state index in [0.29, 0.717) is 0 Å². The number of amides is 2. The van der Waals surface area contributed by atoms with E-state index in [1.54, 1.807) is 12.1 Å². The van der Waals surface area contributed by atoms with Gasteiger partial charge < -0.3 is 10.6 Å². The van der Waals surface area contributed by atoms with Crippen LogP contribution in [0.5, 0.6) is 0 Å². The highest BCUT2D eigenvalue weighted by Crippen LogP contribution is 2.21. The molecule has 4 N–H and O–H groups in total. The number of sulfonamides is 1. The van der Waals surface area contributed by atoms with Crippen molar-refractivity contribution >= 4 is 16.1 Å². The molecule has 3 aromatic rings. The van der Waals surface area contributed by atoms with Gasteiger partial charge in [0.05, 0.1) is 10.9 Å². The Balaban J connectivity index is 1.67. The molecular weight excluding hydrogens is 374 g/mol. The molecule has 2 amide bonds. The summed E-state index contributed by atoms with van der Waals surface area (Å²) < 4.78 is 22.6. The number of nitrogens with two attached hydrogens (primary N) is 1. The third-order valence-electron chi connectivity index (χ3n) is 4.25. The van der Waals surface area contributed by atoms with Crippen LogP contribution in [0.1, 0.15) is 22.7 Å². The molecule has 7 heteroatoms. The Morgan fingerprint density at radius 1 is 0.821 bits per heavy atom. The first-order chi connectivity index (χ1) is 13.4. The highest BCUT2D eigenvalue weighted by Gasteiger charge is 2.16. The summed E-state index contributed by atoms with van der Waals surface area (Å²) in [7, 11) is -3.73. The first-order valence-electron chi connectivity index (χ1n) is 8.69. The van der Waals surface area contributed by atoms with Gasteiger partial charge in [0.2, 0.25) is 10.0 Å². The molecule has 3 aromatic carbocycles. The summed E-state index contributed by atoms with van der Waals surface area (Å²) in [6.45, 7) is 0.257. The fourth-order valence-electron chi connectivity index (χ4n) is 2.81. The van der Waals surface area contributed by atoms with E-state index in [-0.39, 0.29) is 23.5 Å². The summed E-state index contributed by atoms with van der Waals surface area (Å²) in [4.78, 5) is 12.5. The van der Waals surface area contributed by atoms with Gasteiger partial charge in [0.15, 0.2) is 0 Å². The van der Waals surface area contributed by atoms with E-state index in [1.807, 2.05) is 60.7 Å². The third-order valence-corrected chi connectivity index (χ3v) is 5.18. The zero-order valence-electron chi connectivity index (χ0n) is 15.1. The van der Waals surface area contributed by atoms with Crippen LogP contribution >= 0.6 is 0 Å². The van der Waals surface area contributed by atoms with E-state index in [1.165, 1.54) is 12.1 Å². The number of carbonyl (C=O) groups excluding carboxylic acids is 1. The second-order valence-corrected chi connectivity index (χ2v) is 7.83. The van der Waals surface area contributed by atoms with Crippen LogP contribution in [0.4, 0.5) is 4.79 Å². The van der Waals surface area contributed by atoms with Crippen molar-refractivity contribution < 1.29 is 13.2 Å². The number of benzene rings is 3. The number of nitrogens with one attached hydrogen (secondary N) is 2. The quantitative estimate of drug-likeness (QED) is 0.598. The lowest BCUT2D eigenvalue weighted by atomic mass is 9.99. The van der Waals surface area contributed by atoms with Crippen LogP contribution < -0.4 is 15.8 Å². The number of carbonyl (C=O) groups is 1. The maximum Gasteiger partial charge on any atom is 0.315 e. The van der Waals surface area contributed by atoms with E-state index in [4.69, 9.17) is 5.14 Å². The van der Waals surface area contributed by atoms with E-state index in [0.717, 1.165) is 16.7 Å². The van der Waals surface area contributed by atoms with Gasteiger partial charge in [-0.2, -0.15) is 0 Å². The van der Waals surface area contributed by atoms with Gasteiger partial charge in [-0.1, -0.05) is 72.8 Å². The molecule has 0 aliphatic heterocycles. The summed E-state index contributed by atoms with van der Waals surface area (Å²) >= 11 is 0. The Morgan fingerprint density at radius 3 is 1.79 bits per heavy atom. The van der Waals surface area contributed by atoms with Crippen molar-refractivity contribution in [2.75, 3.05) is 0 Å². The zero-order valence-corrected chi connectivity index (χ0v) is 15.9. The summed E-state index contributed by atoms with van der Waals surface area (Å²) in [6, 6.07) is 24.9. The molecule has 0 atom stereocenters. The molecular formula is C21H21N3O3S. The van der Waals surface area contributed by atoms with Crippen molar-refractivity contribution in [1.29, 1.82) is 0 Å². The molecule has 0 heterocycles. The SMILES string of the molecule is NS(=O)(=O)c1ccc(CNC(=O)NC(c2ccccc2)c2ccccc2)cc1. The van der Waals surface area contributed by atoms with Gasteiger partial charge in [-0.25, -0.2) is 18.4 Å². The van der Waals surface area contributed by atoms with Gasteiger partial charge >= 0.3 is 6.03 Å². The van der Waals surface area contributed by atoms with Crippen molar-refractivity contribution in [3.8, 4) is 0 Å². The van der Waals surface area contributed by atoms with Crippen molar-refractivity contribution in [2.45, 2.75) is 17.5 Å². The molecule has 3 rings (SSSR count). The second-order valence-electron chi connectivity index (χ2n) is 6.27. The average Bonchev–Trinajstić information content (AvgIpc) is 2.71. The van der Waals surface area contributed by atoms with Crippen molar-refractivity contribution in [3.05, 3.63) is 102 Å². The first kappa shape index (κ1) is 19.6. The molecule has 0 spiro atoms. The van der Waals surface area contributed by atoms with Crippen LogP contribution in [0.15, 0.2) is 89.8 Å². The topological polar surface area (TPSA) is 101 Å². The molecule has 28 heavy (non-hydrogen) atoms. The Hall–Kier alpha value is -3.16. The zero-order chi connectivity index (χ0) is 20.0. The lowest BCUT2D eigenvalue weighted by Gasteiger charge is -2.20. The van der Waals surface area contributed by atoms with Crippen LogP contribution in [0.25, 0.3) is 0 Å². The van der Waals surface area contributed by atoms with Crippen LogP contribution in [-0.4, -0.2) is 14.4 Å². The second kappa shape index (κ2) is 8.69. The molecule has 0 fully saturated rings. The van der Waals surface area contributed by atoms with Gasteiger partial charge in [-0.05, 0) is 28.8 Å². The highest BCUT2D eigenvalue weighted by molar-refractivity contribution is 7.89. The average molecular weight is 395 g/mol. The predicted octanol–water partition coefficient (Wildman–Crippen LogP) is 2.92. The molecule has 0 saturated carbocycles. The Labute approximate surface area is 164 Å². The molecule has 0 bridgehead atoms. The molecule has 0 aliphatic rings. The van der Waals surface area contributed by atoms with E-state index in [2.05, 4.69) is 10.6 Å². The van der Waals surface area contributed by atoms with Gasteiger partial charge in [-0.3, -0.25) is 0 Å². The van der Waals surface area contributed by atoms with E-state index < -0.39 is 10.0 Å². The smallest absolute Gasteiger partial charge is 0.315 e. The maximum atomic E-state index is 12.5. The summed E-state index contributed by atoms with van der Waals surface area (Å²) in [6.07, 6.45) is 0. The number of hydrogen-bond acceptors (Lipinski definition) is 3. The molecule has 0 aromatic heterocycles. The summed E-state index contributed by atoms with van der Waals surface area (Å²) in [5, 5.41) is 10.9. The Morgan fingerprint density at radius 2 is 1.32 bits per heavy atom. The predicted molar refractivity (Wildman–Crippen MR) is 108 cm³/mol. The van der Waals surface area contributed by atoms with Gasteiger partial charge in [0.25, 0.3) is 0 Å². The summed E-state index contributed by atoms with van der Waals surface area (Å²) in [5.74, 6) is 0. The highest BCUT2D eigenvalue weighted by atomic mass is 32.2. The van der Waals surface area contributed by atoms with Gasteiger partial charge in [0, 0.05) is 6.54 Å². The van der Waals surface area contributed by atoms with Crippen LogP contribution in [0, 0.1) is 0 Å². The molecule has 0 saturated heterocycles. The standard InChI is InChI=1S/C21H21N3O3S/c22-28(26,27)19-13-11-16(12-14-19)15-23-21(25)24-20(17-7-3-1-4-8-17)18-9-5-2-6-10-18/h1-14,20H,15H2,(H2,22,26,27)(H2,23,24,25). The molecule has 0 unspecified atom stereocenters. The fourth-order valence-corrected chi connectivity index (χ4v) is 3.33. The number of rotatable bonds is 6. The Kier molecular flexibility index (Phi) is 6.08. The van der Waals surface area contributed by atoms with Crippen LogP contribution in [0.3, 0.4) is 0 Å². The van der Waals surface area contributed by atoms with Crippen molar-refractivity contribution in [3.63, 3.8) is 0 Å². The maximum absolute atomic E-state index is 12.5. The minimum Gasteiger partial charge on any atom is -0.334 e. The monoisotopic (exact) mass is 395 g/mol. The van der Waals surface area contributed by atoms with Gasteiger partial charge in [-0.15, -0.1) is 0 Å². The Bertz CT molecular complexity index is 982. The number of hydrogen-bond donors (Lipinski definition) is 3. The van der Waals surface area contributed by atoms with Gasteiger partial charge in [0.1, 0.15) is 0 Å². The number of urea groups is 1. The molecule has 0 radical (unpaired) electrons. The summed E-state index contributed by atoms with van der Waals surface area (Å²) in [5.41, 5.74) is 2.71. The van der Waals surface area contributed by atoms with Crippen LogP contribution in [-0.2, 0) is 16.6 Å². The van der Waals surface area contributed by atoms with Crippen molar-refractivity contribution in [1.82, 2.24) is 10.6 Å². The number of primary sulfonamides is 1. The molecule has 0 aliphatic carbocycles. The lowest BCUT2D eigenvalue weighted by Crippen LogP contribution is -2.38.